The van der Waals surface area contributed by atoms with Gasteiger partial charge in [0.1, 0.15) is 19.0 Å². The monoisotopic (exact) mass is 439 g/mol. The number of alkyl carbamates (subject to hydrolysis) is 1. The van der Waals surface area contributed by atoms with Crippen LogP contribution in [0.2, 0.25) is 0 Å². The first-order chi connectivity index (χ1) is 14.8. The lowest BCUT2D eigenvalue weighted by Gasteiger charge is -2.13. The molecule has 0 spiro atoms. The lowest BCUT2D eigenvalue weighted by atomic mass is 10.1. The number of carboxylic acid groups (broad SMARTS) is 1. The number of carbonyl (C=O) groups is 3. The fraction of sp³-hybridized carbons (Fsp3) is 0.591. The summed E-state index contributed by atoms with van der Waals surface area (Å²) in [5.74, 6) is 0.0458. The van der Waals surface area contributed by atoms with Crippen molar-refractivity contribution in [3.63, 3.8) is 0 Å². The molecule has 2 N–H and O–H groups in total. The zero-order valence-electron chi connectivity index (χ0n) is 18.5. The van der Waals surface area contributed by atoms with E-state index in [1.807, 2.05) is 32.9 Å². The molecule has 0 aromatic heterocycles. The molecule has 1 amide bonds. The Morgan fingerprint density at radius 1 is 0.968 bits per heavy atom. The number of benzene rings is 1. The molecule has 0 aliphatic heterocycles. The van der Waals surface area contributed by atoms with Crippen LogP contribution in [0.25, 0.3) is 0 Å². The van der Waals surface area contributed by atoms with Gasteiger partial charge in [-0.25, -0.2) is 14.4 Å². The normalized spacial score (nSPS) is 10.4. The van der Waals surface area contributed by atoms with Gasteiger partial charge in [0.05, 0.1) is 6.61 Å². The Bertz CT molecular complexity index is 696. The number of rotatable bonds is 14. The standard InChI is InChI=1S/C22H33NO8/c1-4-10-28-15-19(24)31-20-16(2)12-18(13-17(20)3)14-30-21(25)23-9-7-5-6-8-11-29-22(26)27/h12-13H,4-11,14-15H2,1-3H3,(H,23,25)(H,26,27). The molecule has 0 bridgehead atoms. The molecule has 0 saturated carbocycles. The van der Waals surface area contributed by atoms with Gasteiger partial charge in [-0.1, -0.05) is 13.3 Å². The Balaban J connectivity index is 2.31. The molecule has 174 valence electrons. The van der Waals surface area contributed by atoms with Crippen molar-refractivity contribution in [2.24, 2.45) is 0 Å². The van der Waals surface area contributed by atoms with Crippen LogP contribution in [0.15, 0.2) is 12.1 Å². The van der Waals surface area contributed by atoms with Crippen LogP contribution in [0.3, 0.4) is 0 Å². The third-order valence-electron chi connectivity index (χ3n) is 4.24. The number of carbonyl (C=O) groups excluding carboxylic acids is 2. The third-order valence-corrected chi connectivity index (χ3v) is 4.24. The first-order valence-electron chi connectivity index (χ1n) is 10.5. The van der Waals surface area contributed by atoms with Crippen LogP contribution in [-0.4, -0.2) is 49.7 Å². The van der Waals surface area contributed by atoms with E-state index in [4.69, 9.17) is 19.3 Å². The zero-order chi connectivity index (χ0) is 23.1. The highest BCUT2D eigenvalue weighted by atomic mass is 16.7. The van der Waals surface area contributed by atoms with Crippen molar-refractivity contribution in [1.29, 1.82) is 0 Å². The highest BCUT2D eigenvalue weighted by molar-refractivity contribution is 5.74. The largest absolute Gasteiger partial charge is 0.505 e. The molecule has 1 aromatic rings. The summed E-state index contributed by atoms with van der Waals surface area (Å²) in [4.78, 5) is 33.9. The van der Waals surface area contributed by atoms with Gasteiger partial charge in [-0.15, -0.1) is 0 Å². The molecule has 9 nitrogen and oxygen atoms in total. The number of nitrogens with one attached hydrogen (secondary N) is 1. The molecular formula is C22H33NO8. The fourth-order valence-corrected chi connectivity index (χ4v) is 2.86. The van der Waals surface area contributed by atoms with Gasteiger partial charge in [-0.05, 0) is 68.4 Å². The molecule has 0 radical (unpaired) electrons. The number of hydrogen-bond donors (Lipinski definition) is 2. The van der Waals surface area contributed by atoms with Gasteiger partial charge in [0, 0.05) is 13.2 Å². The van der Waals surface area contributed by atoms with Crippen molar-refractivity contribution >= 4 is 18.2 Å². The highest BCUT2D eigenvalue weighted by Crippen LogP contribution is 2.25. The zero-order valence-corrected chi connectivity index (χ0v) is 18.5. The van der Waals surface area contributed by atoms with E-state index < -0.39 is 18.2 Å². The minimum atomic E-state index is -1.26. The summed E-state index contributed by atoms with van der Waals surface area (Å²) in [5, 5.41) is 11.0. The van der Waals surface area contributed by atoms with Gasteiger partial charge in [-0.3, -0.25) is 0 Å². The Morgan fingerprint density at radius 3 is 2.29 bits per heavy atom. The molecular weight excluding hydrogens is 406 g/mol. The summed E-state index contributed by atoms with van der Waals surface area (Å²) in [6, 6.07) is 3.63. The van der Waals surface area contributed by atoms with E-state index >= 15 is 0 Å². The lowest BCUT2D eigenvalue weighted by molar-refractivity contribution is -0.139. The second-order valence-corrected chi connectivity index (χ2v) is 7.12. The molecule has 0 saturated heterocycles. The summed E-state index contributed by atoms with van der Waals surface area (Å²) >= 11 is 0. The predicted molar refractivity (Wildman–Crippen MR) is 113 cm³/mol. The van der Waals surface area contributed by atoms with E-state index in [-0.39, 0.29) is 19.8 Å². The minimum Gasteiger partial charge on any atom is -0.450 e. The van der Waals surface area contributed by atoms with Crippen molar-refractivity contribution in [3.05, 3.63) is 28.8 Å². The van der Waals surface area contributed by atoms with Crippen LogP contribution >= 0.6 is 0 Å². The van der Waals surface area contributed by atoms with E-state index in [9.17, 15) is 14.4 Å². The van der Waals surface area contributed by atoms with Gasteiger partial charge in [0.2, 0.25) is 0 Å². The average molecular weight is 440 g/mol. The molecule has 0 aliphatic carbocycles. The predicted octanol–water partition coefficient (Wildman–Crippen LogP) is 4.12. The maximum atomic E-state index is 11.9. The topological polar surface area (TPSA) is 120 Å². The number of amides is 1. The van der Waals surface area contributed by atoms with Crippen molar-refractivity contribution in [2.75, 3.05) is 26.4 Å². The van der Waals surface area contributed by atoms with Gasteiger partial charge in [-0.2, -0.15) is 0 Å². The number of hydrogen-bond acceptors (Lipinski definition) is 7. The smallest absolute Gasteiger partial charge is 0.450 e. The molecule has 1 aromatic carbocycles. The number of unbranched alkanes of at least 4 members (excludes halogenated alkanes) is 3. The molecule has 0 fully saturated rings. The second-order valence-electron chi connectivity index (χ2n) is 7.12. The van der Waals surface area contributed by atoms with E-state index in [1.54, 1.807) is 0 Å². The van der Waals surface area contributed by atoms with Crippen molar-refractivity contribution in [2.45, 2.75) is 59.5 Å². The van der Waals surface area contributed by atoms with Crippen LogP contribution in [0.1, 0.15) is 55.7 Å². The van der Waals surface area contributed by atoms with Gasteiger partial charge in [0.25, 0.3) is 0 Å². The minimum absolute atomic E-state index is 0.0894. The third kappa shape index (κ3) is 11.8. The summed E-state index contributed by atoms with van der Waals surface area (Å²) in [6.45, 7) is 6.81. The van der Waals surface area contributed by atoms with Crippen LogP contribution in [-0.2, 0) is 25.6 Å². The molecule has 0 heterocycles. The molecule has 31 heavy (non-hydrogen) atoms. The van der Waals surface area contributed by atoms with E-state index in [2.05, 4.69) is 10.1 Å². The Kier molecular flexibility index (Phi) is 12.7. The quantitative estimate of drug-likeness (QED) is 0.252. The van der Waals surface area contributed by atoms with Gasteiger partial charge < -0.3 is 29.4 Å². The Hall–Kier alpha value is -2.81. The van der Waals surface area contributed by atoms with Crippen LogP contribution in [0.5, 0.6) is 5.75 Å². The van der Waals surface area contributed by atoms with Crippen molar-refractivity contribution in [1.82, 2.24) is 5.32 Å². The number of aryl methyl sites for hydroxylation is 2. The van der Waals surface area contributed by atoms with Crippen LogP contribution in [0, 0.1) is 13.8 Å². The fourth-order valence-electron chi connectivity index (χ4n) is 2.86. The van der Waals surface area contributed by atoms with Gasteiger partial charge in [0.15, 0.2) is 0 Å². The molecule has 1 rings (SSSR count). The summed E-state index contributed by atoms with van der Waals surface area (Å²) in [7, 11) is 0. The Morgan fingerprint density at radius 2 is 1.65 bits per heavy atom. The lowest BCUT2D eigenvalue weighted by Crippen LogP contribution is -2.25. The second kappa shape index (κ2) is 15.1. The summed E-state index contributed by atoms with van der Waals surface area (Å²) < 4.78 is 20.2. The first-order valence-corrected chi connectivity index (χ1v) is 10.5. The van der Waals surface area contributed by atoms with E-state index in [0.29, 0.717) is 25.3 Å². The summed E-state index contributed by atoms with van der Waals surface area (Å²) in [5.41, 5.74) is 2.34. The van der Waals surface area contributed by atoms with Gasteiger partial charge >= 0.3 is 18.2 Å². The van der Waals surface area contributed by atoms with Crippen molar-refractivity contribution < 1.29 is 38.4 Å². The van der Waals surface area contributed by atoms with Crippen LogP contribution < -0.4 is 10.1 Å². The average Bonchev–Trinajstić information content (AvgIpc) is 2.71. The Labute approximate surface area is 183 Å². The van der Waals surface area contributed by atoms with E-state index in [1.165, 1.54) is 0 Å². The molecule has 0 unspecified atom stereocenters. The molecule has 0 atom stereocenters. The number of ether oxygens (including phenoxy) is 4. The highest BCUT2D eigenvalue weighted by Gasteiger charge is 2.12. The van der Waals surface area contributed by atoms with E-state index in [0.717, 1.165) is 42.4 Å². The maximum Gasteiger partial charge on any atom is 0.505 e. The summed E-state index contributed by atoms with van der Waals surface area (Å²) in [6.07, 6.45) is 2.16. The molecule has 0 aliphatic rings. The number of esters is 1. The van der Waals surface area contributed by atoms with Crippen LogP contribution in [0.4, 0.5) is 9.59 Å². The maximum absolute atomic E-state index is 11.9. The van der Waals surface area contributed by atoms with Crippen molar-refractivity contribution in [3.8, 4) is 5.75 Å². The first kappa shape index (κ1) is 26.2. The SMILES string of the molecule is CCCOCC(=O)Oc1c(C)cc(COC(=O)NCCCCCCOC(=O)O)cc1C. The molecule has 9 heteroatoms.